The number of esters is 1. The van der Waals surface area contributed by atoms with Crippen molar-refractivity contribution < 1.29 is 9.53 Å². The molecule has 0 spiro atoms. The molecule has 3 aromatic carbocycles. The molecule has 0 aliphatic heterocycles. The Labute approximate surface area is 174 Å². The molecule has 0 saturated carbocycles. The first-order valence-corrected chi connectivity index (χ1v) is 10.2. The Morgan fingerprint density at radius 1 is 0.793 bits per heavy atom. The maximum atomic E-state index is 12.5. The zero-order valence-electron chi connectivity index (χ0n) is 17.2. The smallest absolute Gasteiger partial charge is 0.307 e. The molecule has 1 unspecified atom stereocenters. The van der Waals surface area contributed by atoms with Crippen LogP contribution >= 0.6 is 0 Å². The van der Waals surface area contributed by atoms with E-state index in [0.29, 0.717) is 13.0 Å². The molecule has 29 heavy (non-hydrogen) atoms. The van der Waals surface area contributed by atoms with Gasteiger partial charge in [-0.1, -0.05) is 91.0 Å². The van der Waals surface area contributed by atoms with Gasteiger partial charge in [0.25, 0.3) is 0 Å². The molecule has 0 bridgehead atoms. The van der Waals surface area contributed by atoms with Gasteiger partial charge in [0.1, 0.15) is 6.61 Å². The van der Waals surface area contributed by atoms with E-state index in [0.717, 1.165) is 12.1 Å². The second-order valence-corrected chi connectivity index (χ2v) is 7.44. The molecule has 2 atom stereocenters. The molecule has 0 aliphatic rings. The van der Waals surface area contributed by atoms with E-state index in [9.17, 15) is 4.79 Å². The number of carbonyl (C=O) groups is 1. The van der Waals surface area contributed by atoms with E-state index in [1.807, 2.05) is 42.5 Å². The van der Waals surface area contributed by atoms with Crippen LogP contribution in [-0.2, 0) is 22.7 Å². The Bertz CT molecular complexity index is 865. The molecular weight excluding hydrogens is 358 g/mol. The van der Waals surface area contributed by atoms with Crippen LogP contribution in [0.3, 0.4) is 0 Å². The van der Waals surface area contributed by atoms with E-state index in [2.05, 4.69) is 67.3 Å². The van der Waals surface area contributed by atoms with Crippen LogP contribution in [0.2, 0.25) is 0 Å². The van der Waals surface area contributed by atoms with Gasteiger partial charge in [-0.05, 0) is 30.5 Å². The highest BCUT2D eigenvalue weighted by atomic mass is 16.5. The third kappa shape index (κ3) is 6.30. The molecule has 3 rings (SSSR count). The number of carbonyl (C=O) groups excluding carboxylic acids is 1. The van der Waals surface area contributed by atoms with Crippen LogP contribution in [0.15, 0.2) is 91.0 Å². The molecule has 3 aromatic rings. The van der Waals surface area contributed by atoms with Crippen molar-refractivity contribution >= 4 is 5.97 Å². The van der Waals surface area contributed by atoms with E-state index in [1.165, 1.54) is 11.1 Å². The summed E-state index contributed by atoms with van der Waals surface area (Å²) in [7, 11) is 0. The summed E-state index contributed by atoms with van der Waals surface area (Å²) in [5.41, 5.74) is 3.49. The summed E-state index contributed by atoms with van der Waals surface area (Å²) in [6.45, 7) is 5.40. The average Bonchev–Trinajstić information content (AvgIpc) is 2.77. The standard InChI is InChI=1S/C26H29NO2/c1-21(18-26(28)29-20-24-14-8-4-9-15-24)27(19-23-12-6-3-7-13-23)22(2)25-16-10-5-11-17-25/h3-17,21-22H,18-20H2,1-2H3/t21?,22-/m1/s1. The summed E-state index contributed by atoms with van der Waals surface area (Å²) in [6.07, 6.45) is 0.358. The molecule has 0 aromatic heterocycles. The lowest BCUT2D eigenvalue weighted by Gasteiger charge is -2.34. The monoisotopic (exact) mass is 387 g/mol. The van der Waals surface area contributed by atoms with Crippen molar-refractivity contribution in [3.8, 4) is 0 Å². The van der Waals surface area contributed by atoms with Crippen LogP contribution in [0.5, 0.6) is 0 Å². The van der Waals surface area contributed by atoms with Crippen LogP contribution in [0.4, 0.5) is 0 Å². The summed E-state index contributed by atoms with van der Waals surface area (Å²) in [4.78, 5) is 14.9. The molecule has 150 valence electrons. The molecule has 0 amide bonds. The SMILES string of the molecule is CC(CC(=O)OCc1ccccc1)N(Cc1ccccc1)[C@H](C)c1ccccc1. The van der Waals surface area contributed by atoms with Gasteiger partial charge < -0.3 is 4.74 Å². The molecule has 0 radical (unpaired) electrons. The summed E-state index contributed by atoms with van der Waals surface area (Å²) < 4.78 is 5.52. The van der Waals surface area contributed by atoms with E-state index in [-0.39, 0.29) is 18.1 Å². The Kier molecular flexibility index (Phi) is 7.60. The topological polar surface area (TPSA) is 29.5 Å². The van der Waals surface area contributed by atoms with Crippen molar-refractivity contribution in [3.05, 3.63) is 108 Å². The van der Waals surface area contributed by atoms with Gasteiger partial charge in [-0.2, -0.15) is 0 Å². The van der Waals surface area contributed by atoms with Crippen molar-refractivity contribution in [2.45, 2.75) is 45.5 Å². The minimum atomic E-state index is -0.167. The normalized spacial score (nSPS) is 13.1. The number of hydrogen-bond donors (Lipinski definition) is 0. The Balaban J connectivity index is 1.67. The predicted octanol–water partition coefficient (Wildman–Crippen LogP) is 5.77. The number of benzene rings is 3. The van der Waals surface area contributed by atoms with Gasteiger partial charge in [0, 0.05) is 18.6 Å². The second kappa shape index (κ2) is 10.6. The zero-order chi connectivity index (χ0) is 20.5. The maximum absolute atomic E-state index is 12.5. The lowest BCUT2D eigenvalue weighted by molar-refractivity contribution is -0.146. The first-order valence-electron chi connectivity index (χ1n) is 10.2. The molecule has 0 N–H and O–H groups in total. The highest BCUT2D eigenvalue weighted by molar-refractivity contribution is 5.70. The molecule has 0 saturated heterocycles. The third-order valence-electron chi connectivity index (χ3n) is 5.26. The van der Waals surface area contributed by atoms with Gasteiger partial charge in [-0.3, -0.25) is 9.69 Å². The van der Waals surface area contributed by atoms with Crippen LogP contribution in [0, 0.1) is 0 Å². The highest BCUT2D eigenvalue weighted by Gasteiger charge is 2.24. The van der Waals surface area contributed by atoms with Crippen molar-refractivity contribution in [2.75, 3.05) is 0 Å². The molecule has 0 fully saturated rings. The lowest BCUT2D eigenvalue weighted by atomic mass is 10.0. The van der Waals surface area contributed by atoms with Crippen molar-refractivity contribution in [1.82, 2.24) is 4.90 Å². The van der Waals surface area contributed by atoms with Gasteiger partial charge in [0.2, 0.25) is 0 Å². The van der Waals surface area contributed by atoms with Gasteiger partial charge in [-0.15, -0.1) is 0 Å². The molecule has 0 heterocycles. The quantitative estimate of drug-likeness (QED) is 0.436. The largest absolute Gasteiger partial charge is 0.461 e. The second-order valence-electron chi connectivity index (χ2n) is 7.44. The van der Waals surface area contributed by atoms with Crippen LogP contribution in [0.25, 0.3) is 0 Å². The van der Waals surface area contributed by atoms with E-state index in [1.54, 1.807) is 0 Å². The minimum absolute atomic E-state index is 0.0497. The van der Waals surface area contributed by atoms with Gasteiger partial charge in [-0.25, -0.2) is 0 Å². The zero-order valence-corrected chi connectivity index (χ0v) is 17.2. The fourth-order valence-electron chi connectivity index (χ4n) is 3.55. The fraction of sp³-hybridized carbons (Fsp3) is 0.269. The van der Waals surface area contributed by atoms with Crippen LogP contribution in [0.1, 0.15) is 43.0 Å². The lowest BCUT2D eigenvalue weighted by Crippen LogP contribution is -2.36. The van der Waals surface area contributed by atoms with Crippen LogP contribution < -0.4 is 0 Å². The fourth-order valence-corrected chi connectivity index (χ4v) is 3.55. The highest BCUT2D eigenvalue weighted by Crippen LogP contribution is 2.26. The first-order chi connectivity index (χ1) is 14.1. The summed E-state index contributed by atoms with van der Waals surface area (Å²) in [5.74, 6) is -0.167. The Hall–Kier alpha value is -2.91. The van der Waals surface area contributed by atoms with Crippen molar-refractivity contribution in [1.29, 1.82) is 0 Å². The molecule has 0 aliphatic carbocycles. The number of nitrogens with zero attached hydrogens (tertiary/aromatic N) is 1. The first kappa shape index (κ1) is 20.8. The number of rotatable bonds is 9. The predicted molar refractivity (Wildman–Crippen MR) is 117 cm³/mol. The Morgan fingerprint density at radius 3 is 1.90 bits per heavy atom. The molecule has 3 nitrogen and oxygen atoms in total. The van der Waals surface area contributed by atoms with Gasteiger partial charge >= 0.3 is 5.97 Å². The van der Waals surface area contributed by atoms with Gasteiger partial charge in [0.15, 0.2) is 0 Å². The summed E-state index contributed by atoms with van der Waals surface area (Å²) >= 11 is 0. The number of ether oxygens (including phenoxy) is 1. The van der Waals surface area contributed by atoms with Crippen molar-refractivity contribution in [2.24, 2.45) is 0 Å². The van der Waals surface area contributed by atoms with E-state index >= 15 is 0 Å². The third-order valence-corrected chi connectivity index (χ3v) is 5.26. The van der Waals surface area contributed by atoms with E-state index in [4.69, 9.17) is 4.74 Å². The van der Waals surface area contributed by atoms with E-state index < -0.39 is 0 Å². The maximum Gasteiger partial charge on any atom is 0.307 e. The summed E-state index contributed by atoms with van der Waals surface area (Å²) in [6, 6.07) is 30.9. The Morgan fingerprint density at radius 2 is 1.31 bits per heavy atom. The van der Waals surface area contributed by atoms with Gasteiger partial charge in [0.05, 0.1) is 6.42 Å². The molecule has 3 heteroatoms. The molecular formula is C26H29NO2. The summed E-state index contributed by atoms with van der Waals surface area (Å²) in [5, 5.41) is 0. The van der Waals surface area contributed by atoms with Crippen molar-refractivity contribution in [3.63, 3.8) is 0 Å². The average molecular weight is 388 g/mol. The number of hydrogen-bond acceptors (Lipinski definition) is 3. The minimum Gasteiger partial charge on any atom is -0.461 e. The van der Waals surface area contributed by atoms with Crippen LogP contribution in [-0.4, -0.2) is 16.9 Å².